The van der Waals surface area contributed by atoms with Crippen molar-refractivity contribution in [1.29, 1.82) is 0 Å². The van der Waals surface area contributed by atoms with Gasteiger partial charge in [0, 0.05) is 24.2 Å². The lowest BCUT2D eigenvalue weighted by Gasteiger charge is -2.13. The van der Waals surface area contributed by atoms with Crippen LogP contribution in [-0.2, 0) is 6.42 Å². The molecule has 4 nitrogen and oxygen atoms in total. The standard InChI is InChI=1S/C14H16BFN4/c1-2-9-5-11(16)6-10-7-17-14(19-13(9)10)18-12-3-4-20(15)8-12/h5-7,12H,2-4,8H2,1H3,(H,17,18,19). The fraction of sp³-hybridized carbons (Fsp3) is 0.429. The summed E-state index contributed by atoms with van der Waals surface area (Å²) in [6.07, 6.45) is 3.38. The Hall–Kier alpha value is -1.69. The van der Waals surface area contributed by atoms with Gasteiger partial charge in [0.1, 0.15) is 5.82 Å². The molecule has 0 spiro atoms. The number of benzene rings is 1. The molecular weight excluding hydrogens is 254 g/mol. The highest BCUT2D eigenvalue weighted by Crippen LogP contribution is 2.21. The van der Waals surface area contributed by atoms with E-state index in [0.717, 1.165) is 42.4 Å². The molecule has 2 radical (unpaired) electrons. The van der Waals surface area contributed by atoms with Gasteiger partial charge < -0.3 is 10.1 Å². The monoisotopic (exact) mass is 270 g/mol. The Morgan fingerprint density at radius 3 is 3.05 bits per heavy atom. The largest absolute Gasteiger partial charge is 0.352 e. The highest BCUT2D eigenvalue weighted by Gasteiger charge is 2.19. The zero-order valence-corrected chi connectivity index (χ0v) is 11.4. The molecule has 1 fully saturated rings. The number of nitrogens with one attached hydrogen (secondary N) is 1. The molecule has 0 amide bonds. The number of hydrogen-bond donors (Lipinski definition) is 1. The third-order valence-electron chi connectivity index (χ3n) is 3.66. The molecule has 1 aromatic carbocycles. The van der Waals surface area contributed by atoms with Crippen LogP contribution in [0.1, 0.15) is 18.9 Å². The Balaban J connectivity index is 1.91. The molecule has 1 N–H and O–H groups in total. The molecule has 2 aromatic rings. The van der Waals surface area contributed by atoms with Gasteiger partial charge in [-0.15, -0.1) is 0 Å². The van der Waals surface area contributed by atoms with E-state index in [2.05, 4.69) is 15.3 Å². The van der Waals surface area contributed by atoms with E-state index in [-0.39, 0.29) is 11.9 Å². The zero-order chi connectivity index (χ0) is 14.1. The predicted molar refractivity (Wildman–Crippen MR) is 78.2 cm³/mol. The first-order valence-corrected chi connectivity index (χ1v) is 6.87. The molecule has 1 aliphatic heterocycles. The molecule has 0 bridgehead atoms. The van der Waals surface area contributed by atoms with E-state index in [9.17, 15) is 4.39 Å². The summed E-state index contributed by atoms with van der Waals surface area (Å²) in [5, 5.41) is 4.03. The van der Waals surface area contributed by atoms with E-state index in [1.54, 1.807) is 11.0 Å². The summed E-state index contributed by atoms with van der Waals surface area (Å²) in [5.41, 5.74) is 1.71. The van der Waals surface area contributed by atoms with Gasteiger partial charge in [-0.3, -0.25) is 0 Å². The molecule has 1 aliphatic rings. The Bertz CT molecular complexity index is 634. The second kappa shape index (κ2) is 5.36. The van der Waals surface area contributed by atoms with Crippen LogP contribution in [-0.4, -0.2) is 41.9 Å². The van der Waals surface area contributed by atoms with Crippen LogP contribution in [0.4, 0.5) is 10.3 Å². The minimum atomic E-state index is -0.242. The SMILES string of the molecule is [B]N1CCC(Nc2ncc3cc(F)cc(CC)c3n2)C1. The molecule has 102 valence electrons. The summed E-state index contributed by atoms with van der Waals surface area (Å²) in [6.45, 7) is 3.65. The van der Waals surface area contributed by atoms with Crippen molar-refractivity contribution in [3.05, 3.63) is 29.7 Å². The fourth-order valence-electron chi connectivity index (χ4n) is 2.61. The normalized spacial score (nSPS) is 19.6. The fourth-order valence-corrected chi connectivity index (χ4v) is 2.61. The first-order valence-electron chi connectivity index (χ1n) is 6.87. The maximum atomic E-state index is 13.5. The lowest BCUT2D eigenvalue weighted by atomic mass is 10.1. The van der Waals surface area contributed by atoms with Crippen molar-refractivity contribution < 1.29 is 4.39 Å². The van der Waals surface area contributed by atoms with E-state index < -0.39 is 0 Å². The molecular formula is C14H16BFN4. The van der Waals surface area contributed by atoms with Crippen molar-refractivity contribution in [2.45, 2.75) is 25.8 Å². The third kappa shape index (κ3) is 2.61. The Morgan fingerprint density at radius 1 is 1.50 bits per heavy atom. The topological polar surface area (TPSA) is 41.0 Å². The second-order valence-electron chi connectivity index (χ2n) is 5.17. The van der Waals surface area contributed by atoms with Gasteiger partial charge in [0.15, 0.2) is 7.98 Å². The second-order valence-corrected chi connectivity index (χ2v) is 5.17. The number of aryl methyl sites for hydroxylation is 1. The van der Waals surface area contributed by atoms with Gasteiger partial charge in [-0.1, -0.05) is 6.92 Å². The molecule has 2 heterocycles. The number of hydrogen-bond acceptors (Lipinski definition) is 4. The lowest BCUT2D eigenvalue weighted by molar-refractivity contribution is 0.558. The van der Waals surface area contributed by atoms with Crippen molar-refractivity contribution in [3.8, 4) is 0 Å². The average molecular weight is 270 g/mol. The molecule has 1 unspecified atom stereocenters. The van der Waals surface area contributed by atoms with Gasteiger partial charge in [-0.05, 0) is 37.1 Å². The Kier molecular flexibility index (Phi) is 3.57. The molecule has 6 heteroatoms. The summed E-state index contributed by atoms with van der Waals surface area (Å²) < 4.78 is 13.5. The number of fused-ring (bicyclic) bond motifs is 1. The molecule has 1 aromatic heterocycles. The summed E-state index contributed by atoms with van der Waals surface area (Å²) in [4.78, 5) is 10.6. The van der Waals surface area contributed by atoms with Gasteiger partial charge in [-0.2, -0.15) is 0 Å². The predicted octanol–water partition coefficient (Wildman–Crippen LogP) is 1.90. The molecule has 0 saturated carbocycles. The van der Waals surface area contributed by atoms with E-state index in [0.29, 0.717) is 5.95 Å². The van der Waals surface area contributed by atoms with Crippen LogP contribution in [0.25, 0.3) is 10.9 Å². The molecule has 3 rings (SSSR count). The van der Waals surface area contributed by atoms with Crippen molar-refractivity contribution in [2.24, 2.45) is 0 Å². The van der Waals surface area contributed by atoms with E-state index >= 15 is 0 Å². The van der Waals surface area contributed by atoms with Gasteiger partial charge in [-0.25, -0.2) is 14.4 Å². The smallest absolute Gasteiger partial charge is 0.223 e. The first kappa shape index (κ1) is 13.3. The summed E-state index contributed by atoms with van der Waals surface area (Å²) in [7, 11) is 5.74. The lowest BCUT2D eigenvalue weighted by Crippen LogP contribution is -2.25. The minimum Gasteiger partial charge on any atom is -0.352 e. The van der Waals surface area contributed by atoms with Crippen LogP contribution < -0.4 is 5.32 Å². The van der Waals surface area contributed by atoms with Gasteiger partial charge in [0.05, 0.1) is 5.52 Å². The van der Waals surface area contributed by atoms with E-state index in [4.69, 9.17) is 7.98 Å². The van der Waals surface area contributed by atoms with Crippen LogP contribution in [0.5, 0.6) is 0 Å². The maximum absolute atomic E-state index is 13.5. The van der Waals surface area contributed by atoms with Crippen LogP contribution in [0.2, 0.25) is 0 Å². The third-order valence-corrected chi connectivity index (χ3v) is 3.66. The quantitative estimate of drug-likeness (QED) is 0.865. The number of anilines is 1. The number of halogens is 1. The highest BCUT2D eigenvalue weighted by atomic mass is 19.1. The van der Waals surface area contributed by atoms with E-state index in [1.165, 1.54) is 12.1 Å². The Morgan fingerprint density at radius 2 is 2.35 bits per heavy atom. The van der Waals surface area contributed by atoms with Crippen molar-refractivity contribution in [3.63, 3.8) is 0 Å². The van der Waals surface area contributed by atoms with Gasteiger partial charge in [0.2, 0.25) is 5.95 Å². The Labute approximate surface area is 118 Å². The van der Waals surface area contributed by atoms with Crippen LogP contribution in [0.3, 0.4) is 0 Å². The molecule has 1 atom stereocenters. The zero-order valence-electron chi connectivity index (χ0n) is 11.4. The summed E-state index contributed by atoms with van der Waals surface area (Å²) >= 11 is 0. The van der Waals surface area contributed by atoms with Crippen LogP contribution in [0.15, 0.2) is 18.3 Å². The summed E-state index contributed by atoms with van der Waals surface area (Å²) in [6, 6.07) is 3.27. The average Bonchev–Trinajstić information content (AvgIpc) is 2.83. The minimum absolute atomic E-state index is 0.242. The van der Waals surface area contributed by atoms with Crippen molar-refractivity contribution in [1.82, 2.24) is 14.8 Å². The van der Waals surface area contributed by atoms with Crippen molar-refractivity contribution >= 4 is 24.8 Å². The number of nitrogens with zero attached hydrogens (tertiary/aromatic N) is 3. The van der Waals surface area contributed by atoms with Crippen LogP contribution >= 0.6 is 0 Å². The molecule has 1 saturated heterocycles. The van der Waals surface area contributed by atoms with Gasteiger partial charge >= 0.3 is 0 Å². The number of rotatable bonds is 3. The first-order chi connectivity index (χ1) is 9.65. The number of aromatic nitrogens is 2. The van der Waals surface area contributed by atoms with Crippen molar-refractivity contribution in [2.75, 3.05) is 18.4 Å². The molecule has 20 heavy (non-hydrogen) atoms. The highest BCUT2D eigenvalue weighted by molar-refractivity contribution is 6.04. The van der Waals surface area contributed by atoms with Crippen LogP contribution in [0, 0.1) is 5.82 Å². The molecule has 0 aliphatic carbocycles. The maximum Gasteiger partial charge on any atom is 0.223 e. The van der Waals surface area contributed by atoms with E-state index in [1.807, 2.05) is 6.92 Å². The van der Waals surface area contributed by atoms with Gasteiger partial charge in [0.25, 0.3) is 0 Å². The summed E-state index contributed by atoms with van der Waals surface area (Å²) in [5.74, 6) is 0.340.